The molecule has 0 heterocycles. The van der Waals surface area contributed by atoms with Crippen LogP contribution in [0.25, 0.3) is 0 Å². The second kappa shape index (κ2) is 7.33. The van der Waals surface area contributed by atoms with Gasteiger partial charge in [-0.2, -0.15) is 4.31 Å². The average Bonchev–Trinajstić information content (AvgIpc) is 2.38. The van der Waals surface area contributed by atoms with Gasteiger partial charge in [0.25, 0.3) is 0 Å². The van der Waals surface area contributed by atoms with Gasteiger partial charge in [-0.25, -0.2) is 12.8 Å². The molecule has 1 aromatic rings. The van der Waals surface area contributed by atoms with E-state index in [2.05, 4.69) is 6.58 Å². The lowest BCUT2D eigenvalue weighted by molar-refractivity contribution is -0.143. The number of hydrogen-bond acceptors (Lipinski definition) is 4. The molecule has 0 fully saturated rings. The van der Waals surface area contributed by atoms with Crippen molar-refractivity contribution in [1.82, 2.24) is 4.31 Å². The largest absolute Gasteiger partial charge is 0.465 e. The Balaban J connectivity index is 3.15. The van der Waals surface area contributed by atoms with E-state index in [-0.39, 0.29) is 23.6 Å². The van der Waals surface area contributed by atoms with E-state index in [4.69, 9.17) is 4.74 Å². The van der Waals surface area contributed by atoms with Crippen LogP contribution in [0.2, 0.25) is 0 Å². The van der Waals surface area contributed by atoms with E-state index in [1.807, 2.05) is 0 Å². The highest BCUT2D eigenvalue weighted by Crippen LogP contribution is 2.20. The molecule has 0 unspecified atom stereocenters. The van der Waals surface area contributed by atoms with Crippen molar-refractivity contribution in [3.8, 4) is 0 Å². The summed E-state index contributed by atoms with van der Waals surface area (Å²) in [7, 11) is -3.93. The topological polar surface area (TPSA) is 63.7 Å². The van der Waals surface area contributed by atoms with Crippen LogP contribution >= 0.6 is 0 Å². The van der Waals surface area contributed by atoms with E-state index in [1.165, 1.54) is 19.1 Å². The van der Waals surface area contributed by atoms with Crippen LogP contribution < -0.4 is 0 Å². The summed E-state index contributed by atoms with van der Waals surface area (Å²) in [4.78, 5) is 11.5. The fourth-order valence-electron chi connectivity index (χ4n) is 1.78. The quantitative estimate of drug-likeness (QED) is 0.569. The van der Waals surface area contributed by atoms with Crippen LogP contribution in [0, 0.1) is 12.7 Å². The first-order valence-electron chi connectivity index (χ1n) is 6.35. The van der Waals surface area contributed by atoms with Crippen molar-refractivity contribution in [1.29, 1.82) is 0 Å². The molecule has 0 aromatic heterocycles. The van der Waals surface area contributed by atoms with Crippen LogP contribution in [0.15, 0.2) is 35.7 Å². The SMILES string of the molecule is C=CCN(CC(=O)OCC)S(=O)(=O)c1ccc(F)cc1C. The normalized spacial score (nSPS) is 11.4. The molecule has 0 aliphatic rings. The van der Waals surface area contributed by atoms with Crippen LogP contribution in [-0.4, -0.2) is 38.4 Å². The molecule has 0 amide bonds. The van der Waals surface area contributed by atoms with Crippen LogP contribution in [0.3, 0.4) is 0 Å². The van der Waals surface area contributed by atoms with E-state index >= 15 is 0 Å². The van der Waals surface area contributed by atoms with Gasteiger partial charge in [0.1, 0.15) is 12.4 Å². The number of rotatable bonds is 7. The molecule has 0 saturated heterocycles. The van der Waals surface area contributed by atoms with E-state index in [0.29, 0.717) is 0 Å². The van der Waals surface area contributed by atoms with Crippen molar-refractivity contribution in [2.45, 2.75) is 18.7 Å². The molecule has 0 atom stereocenters. The van der Waals surface area contributed by atoms with Gasteiger partial charge in [0.2, 0.25) is 10.0 Å². The van der Waals surface area contributed by atoms with Gasteiger partial charge in [0, 0.05) is 6.54 Å². The molecule has 1 aromatic carbocycles. The molecule has 21 heavy (non-hydrogen) atoms. The summed E-state index contributed by atoms with van der Waals surface area (Å²) in [6.45, 7) is 6.31. The van der Waals surface area contributed by atoms with Gasteiger partial charge in [-0.05, 0) is 37.6 Å². The number of carbonyl (C=O) groups excluding carboxylic acids is 1. The number of nitrogens with zero attached hydrogens (tertiary/aromatic N) is 1. The van der Waals surface area contributed by atoms with Crippen molar-refractivity contribution in [3.05, 3.63) is 42.2 Å². The van der Waals surface area contributed by atoms with Gasteiger partial charge < -0.3 is 4.74 Å². The van der Waals surface area contributed by atoms with Gasteiger partial charge in [-0.3, -0.25) is 4.79 Å². The van der Waals surface area contributed by atoms with Gasteiger partial charge in [-0.1, -0.05) is 6.08 Å². The van der Waals surface area contributed by atoms with Gasteiger partial charge in [-0.15, -0.1) is 6.58 Å². The Kier molecular flexibility index (Phi) is 6.04. The standard InChI is InChI=1S/C14H18FNO4S/c1-4-8-16(10-14(17)20-5-2)21(18,19)13-7-6-12(15)9-11(13)3/h4,6-7,9H,1,5,8,10H2,2-3H3. The Bertz CT molecular complexity index is 628. The minimum Gasteiger partial charge on any atom is -0.465 e. The van der Waals surface area contributed by atoms with Crippen LogP contribution in [0.5, 0.6) is 0 Å². The second-order valence-electron chi connectivity index (χ2n) is 4.30. The first kappa shape index (κ1) is 17.3. The summed E-state index contributed by atoms with van der Waals surface area (Å²) in [5.41, 5.74) is 0.271. The minimum absolute atomic E-state index is 0.0437. The van der Waals surface area contributed by atoms with Crippen molar-refractivity contribution in [2.24, 2.45) is 0 Å². The fraction of sp³-hybridized carbons (Fsp3) is 0.357. The molecule has 5 nitrogen and oxygen atoms in total. The smallest absolute Gasteiger partial charge is 0.321 e. The fourth-order valence-corrected chi connectivity index (χ4v) is 3.34. The summed E-state index contributed by atoms with van der Waals surface area (Å²) >= 11 is 0. The Labute approximate surface area is 124 Å². The number of benzene rings is 1. The molecule has 0 bridgehead atoms. The molecule has 1 rings (SSSR count). The lowest BCUT2D eigenvalue weighted by atomic mass is 10.2. The first-order chi connectivity index (χ1) is 9.82. The minimum atomic E-state index is -3.93. The number of esters is 1. The molecule has 0 spiro atoms. The van der Waals surface area contributed by atoms with Crippen molar-refractivity contribution in [3.63, 3.8) is 0 Å². The maximum atomic E-state index is 13.1. The second-order valence-corrected chi connectivity index (χ2v) is 6.21. The molecule has 0 aliphatic carbocycles. The zero-order valence-electron chi connectivity index (χ0n) is 12.0. The maximum absolute atomic E-state index is 13.1. The number of sulfonamides is 1. The Morgan fingerprint density at radius 1 is 1.48 bits per heavy atom. The predicted octanol–water partition coefficient (Wildman–Crippen LogP) is 1.87. The Morgan fingerprint density at radius 3 is 2.67 bits per heavy atom. The average molecular weight is 315 g/mol. The first-order valence-corrected chi connectivity index (χ1v) is 7.79. The molecule has 0 radical (unpaired) electrons. The van der Waals surface area contributed by atoms with Crippen LogP contribution in [0.1, 0.15) is 12.5 Å². The van der Waals surface area contributed by atoms with E-state index in [9.17, 15) is 17.6 Å². The van der Waals surface area contributed by atoms with E-state index in [1.54, 1.807) is 6.92 Å². The molecule has 116 valence electrons. The molecule has 7 heteroatoms. The van der Waals surface area contributed by atoms with Crippen molar-refractivity contribution >= 4 is 16.0 Å². The van der Waals surface area contributed by atoms with Gasteiger partial charge in [0.15, 0.2) is 0 Å². The monoisotopic (exact) mass is 315 g/mol. The van der Waals surface area contributed by atoms with Crippen LogP contribution in [0.4, 0.5) is 4.39 Å². The highest BCUT2D eigenvalue weighted by atomic mass is 32.2. The highest BCUT2D eigenvalue weighted by molar-refractivity contribution is 7.89. The van der Waals surface area contributed by atoms with Crippen molar-refractivity contribution in [2.75, 3.05) is 19.7 Å². The lowest BCUT2D eigenvalue weighted by Gasteiger charge is -2.20. The van der Waals surface area contributed by atoms with Gasteiger partial charge >= 0.3 is 5.97 Å². The molecular formula is C14H18FNO4S. The zero-order valence-corrected chi connectivity index (χ0v) is 12.8. The summed E-state index contributed by atoms with van der Waals surface area (Å²) < 4.78 is 43.9. The van der Waals surface area contributed by atoms with E-state index < -0.39 is 28.4 Å². The number of aryl methyl sites for hydroxylation is 1. The van der Waals surface area contributed by atoms with E-state index in [0.717, 1.165) is 16.4 Å². The number of ether oxygens (including phenoxy) is 1. The highest BCUT2D eigenvalue weighted by Gasteiger charge is 2.27. The Morgan fingerprint density at radius 2 is 2.14 bits per heavy atom. The van der Waals surface area contributed by atoms with Gasteiger partial charge in [0.05, 0.1) is 11.5 Å². The van der Waals surface area contributed by atoms with Crippen molar-refractivity contribution < 1.29 is 22.3 Å². The number of hydrogen-bond donors (Lipinski definition) is 0. The third-order valence-electron chi connectivity index (χ3n) is 2.70. The summed E-state index contributed by atoms with van der Waals surface area (Å²) in [5.74, 6) is -1.17. The number of halogens is 1. The Hall–Kier alpha value is -1.73. The summed E-state index contributed by atoms with van der Waals surface area (Å²) in [6, 6.07) is 3.38. The third kappa shape index (κ3) is 4.37. The zero-order chi connectivity index (χ0) is 16.0. The predicted molar refractivity (Wildman–Crippen MR) is 76.7 cm³/mol. The number of carbonyl (C=O) groups is 1. The molecule has 0 aliphatic heterocycles. The molecular weight excluding hydrogens is 297 g/mol. The lowest BCUT2D eigenvalue weighted by Crippen LogP contribution is -2.37. The molecule has 0 saturated carbocycles. The molecule has 0 N–H and O–H groups in total. The third-order valence-corrected chi connectivity index (χ3v) is 4.67. The summed E-state index contributed by atoms with van der Waals surface area (Å²) in [6.07, 6.45) is 1.37. The van der Waals surface area contributed by atoms with Crippen LogP contribution in [-0.2, 0) is 19.6 Å². The summed E-state index contributed by atoms with van der Waals surface area (Å²) in [5, 5.41) is 0. The maximum Gasteiger partial charge on any atom is 0.321 e.